The van der Waals surface area contributed by atoms with Gasteiger partial charge >= 0.3 is 12.0 Å². The number of urea groups is 1. The summed E-state index contributed by atoms with van der Waals surface area (Å²) in [7, 11) is 0. The third-order valence-corrected chi connectivity index (χ3v) is 3.38. The molecule has 2 amide bonds. The Kier molecular flexibility index (Phi) is 5.80. The Bertz CT molecular complexity index is 262. The molecule has 1 unspecified atom stereocenters. The molecule has 0 aromatic carbocycles. The Morgan fingerprint density at radius 3 is 2.47 bits per heavy atom. The Morgan fingerprint density at radius 2 is 1.94 bits per heavy atom. The van der Waals surface area contributed by atoms with Crippen molar-refractivity contribution in [1.29, 1.82) is 0 Å². The topological polar surface area (TPSA) is 78.4 Å². The Morgan fingerprint density at radius 1 is 1.29 bits per heavy atom. The molecule has 0 saturated heterocycles. The van der Waals surface area contributed by atoms with Crippen molar-refractivity contribution in [3.8, 4) is 0 Å². The molecular weight excluding hydrogens is 220 g/mol. The van der Waals surface area contributed by atoms with Gasteiger partial charge in [-0.2, -0.15) is 0 Å². The second-order valence-electron chi connectivity index (χ2n) is 4.68. The van der Waals surface area contributed by atoms with Crippen molar-refractivity contribution in [2.24, 2.45) is 11.8 Å². The average Bonchev–Trinajstić information content (AvgIpc) is 2.79. The van der Waals surface area contributed by atoms with Crippen LogP contribution in [0.1, 0.15) is 39.0 Å². The van der Waals surface area contributed by atoms with Crippen molar-refractivity contribution < 1.29 is 14.7 Å². The van der Waals surface area contributed by atoms with Gasteiger partial charge in [-0.15, -0.1) is 0 Å². The molecule has 1 saturated carbocycles. The lowest BCUT2D eigenvalue weighted by Gasteiger charge is -2.14. The standard InChI is InChI=1S/C12H22N2O3/c1-2-10(11(15)16)8-14-12(17)13-7-9-5-3-4-6-9/h9-10H,2-8H2,1H3,(H,15,16)(H2,13,14,17). The molecule has 0 aliphatic heterocycles. The molecule has 0 bridgehead atoms. The van der Waals surface area contributed by atoms with Crippen LogP contribution >= 0.6 is 0 Å². The van der Waals surface area contributed by atoms with Crippen molar-refractivity contribution >= 4 is 12.0 Å². The first-order chi connectivity index (χ1) is 8.13. The number of carboxylic acids is 1. The van der Waals surface area contributed by atoms with Crippen LogP contribution in [-0.4, -0.2) is 30.2 Å². The SMILES string of the molecule is CCC(CNC(=O)NCC1CCCC1)C(=O)O. The second-order valence-corrected chi connectivity index (χ2v) is 4.68. The summed E-state index contributed by atoms with van der Waals surface area (Å²) in [5.74, 6) is -0.752. The highest BCUT2D eigenvalue weighted by Gasteiger charge is 2.17. The van der Waals surface area contributed by atoms with Gasteiger partial charge in [0, 0.05) is 13.1 Å². The van der Waals surface area contributed by atoms with Gasteiger partial charge in [0.2, 0.25) is 0 Å². The molecule has 1 fully saturated rings. The smallest absolute Gasteiger partial charge is 0.314 e. The quantitative estimate of drug-likeness (QED) is 0.661. The molecule has 17 heavy (non-hydrogen) atoms. The maximum atomic E-state index is 11.4. The fourth-order valence-corrected chi connectivity index (χ4v) is 2.14. The molecule has 0 radical (unpaired) electrons. The first kappa shape index (κ1) is 13.8. The van der Waals surface area contributed by atoms with E-state index >= 15 is 0 Å². The van der Waals surface area contributed by atoms with Gasteiger partial charge in [-0.25, -0.2) is 4.79 Å². The average molecular weight is 242 g/mol. The van der Waals surface area contributed by atoms with Crippen LogP contribution < -0.4 is 10.6 Å². The van der Waals surface area contributed by atoms with Gasteiger partial charge in [0.15, 0.2) is 0 Å². The number of amides is 2. The number of hydrogen-bond acceptors (Lipinski definition) is 2. The van der Waals surface area contributed by atoms with Gasteiger partial charge in [0.1, 0.15) is 0 Å². The van der Waals surface area contributed by atoms with E-state index in [2.05, 4.69) is 10.6 Å². The minimum absolute atomic E-state index is 0.197. The lowest BCUT2D eigenvalue weighted by atomic mass is 10.1. The number of rotatable bonds is 6. The number of nitrogens with one attached hydrogen (secondary N) is 2. The molecule has 0 aromatic heterocycles. The van der Waals surface area contributed by atoms with Crippen LogP contribution in [0.3, 0.4) is 0 Å². The zero-order valence-corrected chi connectivity index (χ0v) is 10.4. The predicted molar refractivity (Wildman–Crippen MR) is 64.8 cm³/mol. The molecule has 98 valence electrons. The Balaban J connectivity index is 2.13. The fraction of sp³-hybridized carbons (Fsp3) is 0.833. The van der Waals surface area contributed by atoms with E-state index < -0.39 is 11.9 Å². The lowest BCUT2D eigenvalue weighted by molar-refractivity contribution is -0.141. The minimum atomic E-state index is -0.858. The zero-order chi connectivity index (χ0) is 12.7. The first-order valence-corrected chi connectivity index (χ1v) is 6.38. The third-order valence-electron chi connectivity index (χ3n) is 3.38. The third kappa shape index (κ3) is 5.06. The van der Waals surface area contributed by atoms with Gasteiger partial charge < -0.3 is 15.7 Å². The minimum Gasteiger partial charge on any atom is -0.481 e. The van der Waals surface area contributed by atoms with E-state index in [9.17, 15) is 9.59 Å². The summed E-state index contributed by atoms with van der Waals surface area (Å²) in [5.41, 5.74) is 0. The van der Waals surface area contributed by atoms with Gasteiger partial charge in [-0.05, 0) is 25.2 Å². The van der Waals surface area contributed by atoms with Crippen molar-refractivity contribution in [2.45, 2.75) is 39.0 Å². The maximum Gasteiger partial charge on any atom is 0.314 e. The summed E-state index contributed by atoms with van der Waals surface area (Å²) in [5, 5.41) is 14.2. The lowest BCUT2D eigenvalue weighted by Crippen LogP contribution is -2.41. The molecule has 3 N–H and O–H groups in total. The number of aliphatic carboxylic acids is 1. The maximum absolute atomic E-state index is 11.4. The van der Waals surface area contributed by atoms with E-state index in [1.165, 1.54) is 25.7 Å². The Hall–Kier alpha value is -1.26. The molecule has 1 aliphatic rings. The molecule has 0 heterocycles. The summed E-state index contributed by atoms with van der Waals surface area (Å²) in [6.45, 7) is 2.70. The van der Waals surface area contributed by atoms with Gasteiger partial charge in [-0.3, -0.25) is 4.79 Å². The summed E-state index contributed by atoms with van der Waals surface area (Å²) < 4.78 is 0. The number of hydrogen-bond donors (Lipinski definition) is 3. The monoisotopic (exact) mass is 242 g/mol. The van der Waals surface area contributed by atoms with E-state index in [1.54, 1.807) is 6.92 Å². The summed E-state index contributed by atoms with van der Waals surface area (Å²) in [4.78, 5) is 22.2. The summed E-state index contributed by atoms with van der Waals surface area (Å²) in [6, 6.07) is -0.253. The summed E-state index contributed by atoms with van der Waals surface area (Å²) >= 11 is 0. The largest absolute Gasteiger partial charge is 0.481 e. The van der Waals surface area contributed by atoms with Gasteiger partial charge in [-0.1, -0.05) is 19.8 Å². The molecule has 1 atom stereocenters. The van der Waals surface area contributed by atoms with Crippen molar-refractivity contribution in [1.82, 2.24) is 10.6 Å². The molecule has 0 spiro atoms. The molecule has 1 rings (SSSR count). The zero-order valence-electron chi connectivity index (χ0n) is 10.4. The van der Waals surface area contributed by atoms with Crippen LogP contribution in [-0.2, 0) is 4.79 Å². The van der Waals surface area contributed by atoms with E-state index in [0.717, 1.165) is 0 Å². The molecule has 1 aliphatic carbocycles. The molecular formula is C12H22N2O3. The van der Waals surface area contributed by atoms with E-state index in [1.807, 2.05) is 0 Å². The highest BCUT2D eigenvalue weighted by atomic mass is 16.4. The van der Waals surface area contributed by atoms with Crippen LogP contribution in [0.4, 0.5) is 4.79 Å². The first-order valence-electron chi connectivity index (χ1n) is 6.38. The predicted octanol–water partition coefficient (Wildman–Crippen LogP) is 1.59. The van der Waals surface area contributed by atoms with E-state index in [0.29, 0.717) is 18.9 Å². The molecule has 5 heteroatoms. The molecule has 5 nitrogen and oxygen atoms in total. The van der Waals surface area contributed by atoms with Crippen LogP contribution in [0.2, 0.25) is 0 Å². The van der Waals surface area contributed by atoms with Crippen LogP contribution in [0.15, 0.2) is 0 Å². The highest BCUT2D eigenvalue weighted by Crippen LogP contribution is 2.23. The highest BCUT2D eigenvalue weighted by molar-refractivity contribution is 5.75. The number of carbonyl (C=O) groups is 2. The fourth-order valence-electron chi connectivity index (χ4n) is 2.14. The van der Waals surface area contributed by atoms with E-state index in [4.69, 9.17) is 5.11 Å². The van der Waals surface area contributed by atoms with Crippen LogP contribution in [0, 0.1) is 11.8 Å². The van der Waals surface area contributed by atoms with Crippen molar-refractivity contribution in [3.63, 3.8) is 0 Å². The second kappa shape index (κ2) is 7.14. The van der Waals surface area contributed by atoms with Crippen molar-refractivity contribution in [2.75, 3.05) is 13.1 Å². The van der Waals surface area contributed by atoms with E-state index in [-0.39, 0.29) is 12.6 Å². The number of carboxylic acid groups (broad SMARTS) is 1. The number of carbonyl (C=O) groups excluding carboxylic acids is 1. The van der Waals surface area contributed by atoms with Crippen LogP contribution in [0.5, 0.6) is 0 Å². The van der Waals surface area contributed by atoms with Crippen LogP contribution in [0.25, 0.3) is 0 Å². The van der Waals surface area contributed by atoms with Gasteiger partial charge in [0.25, 0.3) is 0 Å². The summed E-state index contributed by atoms with van der Waals surface area (Å²) in [6.07, 6.45) is 5.41. The normalized spacial score (nSPS) is 17.7. The Labute approximate surface area is 102 Å². The van der Waals surface area contributed by atoms with Crippen molar-refractivity contribution in [3.05, 3.63) is 0 Å². The molecule has 0 aromatic rings. The van der Waals surface area contributed by atoms with Gasteiger partial charge in [0.05, 0.1) is 5.92 Å².